The molecule has 0 saturated carbocycles. The van der Waals surface area contributed by atoms with E-state index in [1.165, 1.54) is 0 Å². The molecular formula is C21H28N4O2. The molecule has 1 amide bonds. The quantitative estimate of drug-likeness (QED) is 0.812. The van der Waals surface area contributed by atoms with Crippen LogP contribution < -0.4 is 9.64 Å². The summed E-state index contributed by atoms with van der Waals surface area (Å²) >= 11 is 0. The molecule has 0 saturated heterocycles. The first-order chi connectivity index (χ1) is 12.9. The predicted molar refractivity (Wildman–Crippen MR) is 106 cm³/mol. The first kappa shape index (κ1) is 19.1. The SMILES string of the molecule is Cc1cccc(O[C@@H](C(=O)N2CCc3c(ncnc3N(C)C)C2)C(C)C)c1. The summed E-state index contributed by atoms with van der Waals surface area (Å²) in [5.41, 5.74) is 3.17. The number of ether oxygens (including phenoxy) is 1. The number of hydrogen-bond acceptors (Lipinski definition) is 5. The molecule has 2 heterocycles. The molecule has 0 fully saturated rings. The molecule has 1 aromatic heterocycles. The van der Waals surface area contributed by atoms with Crippen molar-refractivity contribution < 1.29 is 9.53 Å². The van der Waals surface area contributed by atoms with E-state index in [0.717, 1.165) is 34.8 Å². The van der Waals surface area contributed by atoms with Gasteiger partial charge in [-0.3, -0.25) is 4.79 Å². The smallest absolute Gasteiger partial charge is 0.264 e. The second-order valence-electron chi connectivity index (χ2n) is 7.63. The number of carbonyl (C=O) groups is 1. The maximum Gasteiger partial charge on any atom is 0.264 e. The van der Waals surface area contributed by atoms with E-state index in [9.17, 15) is 4.79 Å². The lowest BCUT2D eigenvalue weighted by atomic mass is 10.0. The van der Waals surface area contributed by atoms with Crippen LogP contribution in [0.25, 0.3) is 0 Å². The fourth-order valence-corrected chi connectivity index (χ4v) is 3.40. The summed E-state index contributed by atoms with van der Waals surface area (Å²) in [6, 6.07) is 7.83. The third-order valence-electron chi connectivity index (χ3n) is 4.82. The maximum absolute atomic E-state index is 13.2. The van der Waals surface area contributed by atoms with Crippen molar-refractivity contribution in [3.8, 4) is 5.75 Å². The van der Waals surface area contributed by atoms with Crippen molar-refractivity contribution in [3.63, 3.8) is 0 Å². The number of benzene rings is 1. The fourth-order valence-electron chi connectivity index (χ4n) is 3.40. The van der Waals surface area contributed by atoms with Gasteiger partial charge in [0.1, 0.15) is 17.9 Å². The molecule has 6 nitrogen and oxygen atoms in total. The normalized spacial score (nSPS) is 14.7. The minimum atomic E-state index is -0.511. The summed E-state index contributed by atoms with van der Waals surface area (Å²) in [6.45, 7) is 7.20. The summed E-state index contributed by atoms with van der Waals surface area (Å²) in [5.74, 6) is 1.75. The Bertz CT molecular complexity index is 820. The number of hydrogen-bond donors (Lipinski definition) is 0. The Hall–Kier alpha value is -2.63. The van der Waals surface area contributed by atoms with Crippen LogP contribution in [0.5, 0.6) is 5.75 Å². The van der Waals surface area contributed by atoms with E-state index in [2.05, 4.69) is 9.97 Å². The van der Waals surface area contributed by atoms with E-state index >= 15 is 0 Å². The second kappa shape index (κ2) is 7.94. The van der Waals surface area contributed by atoms with Crippen LogP contribution in [0.15, 0.2) is 30.6 Å². The lowest BCUT2D eigenvalue weighted by Crippen LogP contribution is -2.47. The predicted octanol–water partition coefficient (Wildman–Crippen LogP) is 2.84. The molecule has 0 unspecified atom stereocenters. The van der Waals surface area contributed by atoms with Gasteiger partial charge in [-0.1, -0.05) is 26.0 Å². The number of amides is 1. The third-order valence-corrected chi connectivity index (χ3v) is 4.82. The number of aryl methyl sites for hydroxylation is 1. The van der Waals surface area contributed by atoms with E-state index in [1.54, 1.807) is 6.33 Å². The highest BCUT2D eigenvalue weighted by molar-refractivity contribution is 5.82. The van der Waals surface area contributed by atoms with E-state index in [4.69, 9.17) is 4.74 Å². The standard InChI is InChI=1S/C21H28N4O2/c1-14(2)19(27-16-8-6-7-15(3)11-16)21(26)25-10-9-17-18(12-25)22-13-23-20(17)24(4)5/h6-8,11,13-14,19H,9-10,12H2,1-5H3/t19-/m1/s1. The van der Waals surface area contributed by atoms with Crippen LogP contribution in [0.1, 0.15) is 30.7 Å². The van der Waals surface area contributed by atoms with E-state index < -0.39 is 6.10 Å². The lowest BCUT2D eigenvalue weighted by Gasteiger charge is -2.33. The highest BCUT2D eigenvalue weighted by atomic mass is 16.5. The molecule has 27 heavy (non-hydrogen) atoms. The van der Waals surface area contributed by atoms with Gasteiger partial charge in [0, 0.05) is 26.2 Å². The number of carbonyl (C=O) groups excluding carboxylic acids is 1. The summed E-state index contributed by atoms with van der Waals surface area (Å²) in [5, 5.41) is 0. The highest BCUT2D eigenvalue weighted by Crippen LogP contribution is 2.26. The van der Waals surface area contributed by atoms with Gasteiger partial charge in [0.2, 0.25) is 0 Å². The number of rotatable bonds is 5. The molecular weight excluding hydrogens is 340 g/mol. The van der Waals surface area contributed by atoms with Gasteiger partial charge >= 0.3 is 0 Å². The summed E-state index contributed by atoms with van der Waals surface area (Å²) in [7, 11) is 3.95. The molecule has 1 aliphatic heterocycles. The lowest BCUT2D eigenvalue weighted by molar-refractivity contribution is -0.141. The maximum atomic E-state index is 13.2. The fraction of sp³-hybridized carbons (Fsp3) is 0.476. The molecule has 6 heteroatoms. The van der Waals surface area contributed by atoms with Crippen molar-refractivity contribution in [1.82, 2.24) is 14.9 Å². The molecule has 1 aliphatic rings. The van der Waals surface area contributed by atoms with Crippen molar-refractivity contribution in [1.29, 1.82) is 0 Å². The number of nitrogens with zero attached hydrogens (tertiary/aromatic N) is 4. The van der Waals surface area contributed by atoms with Gasteiger partial charge in [-0.05, 0) is 37.0 Å². The molecule has 2 aromatic rings. The zero-order chi connectivity index (χ0) is 19.6. The minimum Gasteiger partial charge on any atom is -0.480 e. The van der Waals surface area contributed by atoms with Crippen LogP contribution in [0, 0.1) is 12.8 Å². The monoisotopic (exact) mass is 368 g/mol. The highest BCUT2D eigenvalue weighted by Gasteiger charge is 2.32. The Morgan fingerprint density at radius 3 is 2.70 bits per heavy atom. The van der Waals surface area contributed by atoms with Gasteiger partial charge in [-0.2, -0.15) is 0 Å². The van der Waals surface area contributed by atoms with Gasteiger partial charge in [0.05, 0.1) is 12.2 Å². The second-order valence-corrected chi connectivity index (χ2v) is 7.63. The molecule has 0 spiro atoms. The van der Waals surface area contributed by atoms with Crippen LogP contribution in [0.4, 0.5) is 5.82 Å². The molecule has 0 radical (unpaired) electrons. The van der Waals surface area contributed by atoms with Crippen LogP contribution in [-0.4, -0.2) is 47.5 Å². The molecule has 3 rings (SSSR count). The Labute approximate surface area is 161 Å². The van der Waals surface area contributed by atoms with E-state index in [1.807, 2.05) is 68.9 Å². The Morgan fingerprint density at radius 1 is 1.26 bits per heavy atom. The largest absolute Gasteiger partial charge is 0.480 e. The third kappa shape index (κ3) is 4.21. The first-order valence-electron chi connectivity index (χ1n) is 9.39. The van der Waals surface area contributed by atoms with Gasteiger partial charge in [-0.25, -0.2) is 9.97 Å². The Balaban J connectivity index is 1.79. The Kier molecular flexibility index (Phi) is 5.63. The van der Waals surface area contributed by atoms with E-state index in [0.29, 0.717) is 13.1 Å². The van der Waals surface area contributed by atoms with Gasteiger partial charge in [0.15, 0.2) is 6.10 Å². The summed E-state index contributed by atoms with van der Waals surface area (Å²) in [6.07, 6.45) is 1.82. The van der Waals surface area contributed by atoms with Crippen LogP contribution in [-0.2, 0) is 17.8 Å². The van der Waals surface area contributed by atoms with Crippen molar-refractivity contribution >= 4 is 11.7 Å². The summed E-state index contributed by atoms with van der Waals surface area (Å²) in [4.78, 5) is 25.9. The average Bonchev–Trinajstić information content (AvgIpc) is 2.64. The molecule has 1 aromatic carbocycles. The summed E-state index contributed by atoms with van der Waals surface area (Å²) < 4.78 is 6.09. The van der Waals surface area contributed by atoms with Gasteiger partial charge < -0.3 is 14.5 Å². The molecule has 144 valence electrons. The molecule has 0 bridgehead atoms. The van der Waals surface area contributed by atoms with E-state index in [-0.39, 0.29) is 11.8 Å². The number of aromatic nitrogens is 2. The van der Waals surface area contributed by atoms with Crippen LogP contribution in [0.2, 0.25) is 0 Å². The molecule has 0 N–H and O–H groups in total. The number of fused-ring (bicyclic) bond motifs is 1. The minimum absolute atomic E-state index is 0.0159. The Morgan fingerprint density at radius 2 is 2.04 bits per heavy atom. The number of anilines is 1. The van der Waals surface area contributed by atoms with Crippen LogP contribution in [0.3, 0.4) is 0 Å². The van der Waals surface area contributed by atoms with Crippen molar-refractivity contribution in [2.45, 2.75) is 39.8 Å². The first-order valence-corrected chi connectivity index (χ1v) is 9.39. The average molecular weight is 368 g/mol. The van der Waals surface area contributed by atoms with Crippen molar-refractivity contribution in [3.05, 3.63) is 47.4 Å². The topological polar surface area (TPSA) is 58.6 Å². The van der Waals surface area contributed by atoms with Crippen LogP contribution >= 0.6 is 0 Å². The zero-order valence-electron chi connectivity index (χ0n) is 16.8. The zero-order valence-corrected chi connectivity index (χ0v) is 16.8. The van der Waals surface area contributed by atoms with Crippen molar-refractivity contribution in [2.24, 2.45) is 5.92 Å². The molecule has 1 atom stereocenters. The van der Waals surface area contributed by atoms with Gasteiger partial charge in [0.25, 0.3) is 5.91 Å². The molecule has 0 aliphatic carbocycles. The van der Waals surface area contributed by atoms with Crippen molar-refractivity contribution in [2.75, 3.05) is 25.5 Å². The van der Waals surface area contributed by atoms with Gasteiger partial charge in [-0.15, -0.1) is 0 Å².